The summed E-state index contributed by atoms with van der Waals surface area (Å²) in [6.07, 6.45) is 7.50. The average Bonchev–Trinajstić information content (AvgIpc) is 2.14. The summed E-state index contributed by atoms with van der Waals surface area (Å²) in [6, 6.07) is 0. The molecule has 1 nitrogen and oxygen atoms in total. The van der Waals surface area contributed by atoms with Crippen LogP contribution in [0.4, 0.5) is 0 Å². The first kappa shape index (κ1) is 13.0. The predicted molar refractivity (Wildman–Crippen MR) is 58.8 cm³/mol. The molecule has 0 rings (SSSR count). The lowest BCUT2D eigenvalue weighted by molar-refractivity contribution is 0.267. The molecular formula is C12H26O. The van der Waals surface area contributed by atoms with E-state index in [1.807, 2.05) is 0 Å². The quantitative estimate of drug-likeness (QED) is 0.574. The topological polar surface area (TPSA) is 20.2 Å². The highest BCUT2D eigenvalue weighted by atomic mass is 16.2. The highest BCUT2D eigenvalue weighted by molar-refractivity contribution is 4.62. The zero-order valence-corrected chi connectivity index (χ0v) is 9.55. The van der Waals surface area contributed by atoms with Gasteiger partial charge >= 0.3 is 0 Å². The van der Waals surface area contributed by atoms with Crippen LogP contribution in [-0.2, 0) is 0 Å². The number of hydrogen-bond acceptors (Lipinski definition) is 1. The molecule has 0 saturated carbocycles. The molecule has 0 aliphatic rings. The normalized spacial score (nSPS) is 15.7. The van der Waals surface area contributed by atoms with Gasteiger partial charge in [-0.25, -0.2) is 0 Å². The highest BCUT2D eigenvalue weighted by Crippen LogP contribution is 2.22. The Kier molecular flexibility index (Phi) is 8.53. The third-order valence-corrected chi connectivity index (χ3v) is 3.05. The highest BCUT2D eigenvalue weighted by Gasteiger charge is 2.10. The molecule has 0 fully saturated rings. The molecule has 1 heteroatoms. The van der Waals surface area contributed by atoms with E-state index in [4.69, 9.17) is 5.11 Å². The van der Waals surface area contributed by atoms with Crippen LogP contribution in [0.25, 0.3) is 0 Å². The summed E-state index contributed by atoms with van der Waals surface area (Å²) in [5.74, 6) is 1.69. The Bertz CT molecular complexity index is 101. The molecule has 0 spiro atoms. The molecule has 0 amide bonds. The molecule has 13 heavy (non-hydrogen) atoms. The van der Waals surface area contributed by atoms with Crippen molar-refractivity contribution in [2.24, 2.45) is 11.8 Å². The van der Waals surface area contributed by atoms with Crippen molar-refractivity contribution < 1.29 is 5.11 Å². The van der Waals surface area contributed by atoms with Gasteiger partial charge in [-0.2, -0.15) is 0 Å². The van der Waals surface area contributed by atoms with Gasteiger partial charge in [-0.05, 0) is 18.3 Å². The fourth-order valence-corrected chi connectivity index (χ4v) is 1.67. The van der Waals surface area contributed by atoms with Crippen molar-refractivity contribution in [2.75, 3.05) is 6.61 Å². The lowest BCUT2D eigenvalue weighted by atomic mass is 9.87. The van der Waals surface area contributed by atoms with Gasteiger partial charge in [0.15, 0.2) is 0 Å². The summed E-state index contributed by atoms with van der Waals surface area (Å²) >= 11 is 0. The van der Waals surface area contributed by atoms with Gasteiger partial charge in [0.2, 0.25) is 0 Å². The lowest BCUT2D eigenvalue weighted by Gasteiger charge is -2.19. The van der Waals surface area contributed by atoms with Crippen molar-refractivity contribution >= 4 is 0 Å². The minimum atomic E-state index is 0.357. The van der Waals surface area contributed by atoms with Crippen LogP contribution in [0.5, 0.6) is 0 Å². The molecule has 0 radical (unpaired) electrons. The first-order valence-corrected chi connectivity index (χ1v) is 5.83. The zero-order chi connectivity index (χ0) is 10.1. The fourth-order valence-electron chi connectivity index (χ4n) is 1.67. The Labute approximate surface area is 83.5 Å². The van der Waals surface area contributed by atoms with Gasteiger partial charge in [0.05, 0.1) is 0 Å². The number of aliphatic hydroxyl groups excluding tert-OH is 1. The van der Waals surface area contributed by atoms with Gasteiger partial charge in [0.1, 0.15) is 0 Å². The third kappa shape index (κ3) is 7.06. The molecule has 0 aliphatic carbocycles. The minimum Gasteiger partial charge on any atom is -0.396 e. The Hall–Kier alpha value is -0.0400. The van der Waals surface area contributed by atoms with E-state index in [2.05, 4.69) is 20.8 Å². The monoisotopic (exact) mass is 186 g/mol. The van der Waals surface area contributed by atoms with Crippen LogP contribution in [0, 0.1) is 11.8 Å². The smallest absolute Gasteiger partial charge is 0.0431 e. The minimum absolute atomic E-state index is 0.357. The molecule has 2 atom stereocenters. The largest absolute Gasteiger partial charge is 0.396 e. The Morgan fingerprint density at radius 3 is 1.92 bits per heavy atom. The van der Waals surface area contributed by atoms with Crippen molar-refractivity contribution in [3.8, 4) is 0 Å². The number of hydrogen-bond donors (Lipinski definition) is 1. The SMILES string of the molecule is CCCCC(C)C(C)CCCCO. The Morgan fingerprint density at radius 2 is 1.46 bits per heavy atom. The second-order valence-corrected chi connectivity index (χ2v) is 4.32. The van der Waals surface area contributed by atoms with Crippen LogP contribution in [0.3, 0.4) is 0 Å². The number of rotatable bonds is 8. The van der Waals surface area contributed by atoms with Gasteiger partial charge in [-0.3, -0.25) is 0 Å². The van der Waals surface area contributed by atoms with Crippen molar-refractivity contribution in [1.82, 2.24) is 0 Å². The van der Waals surface area contributed by atoms with E-state index in [0.29, 0.717) is 6.61 Å². The van der Waals surface area contributed by atoms with Crippen molar-refractivity contribution in [3.05, 3.63) is 0 Å². The summed E-state index contributed by atoms with van der Waals surface area (Å²) in [5, 5.41) is 8.66. The molecule has 0 aromatic rings. The molecule has 0 aromatic carbocycles. The van der Waals surface area contributed by atoms with Crippen LogP contribution >= 0.6 is 0 Å². The van der Waals surface area contributed by atoms with E-state index in [1.54, 1.807) is 0 Å². The molecule has 0 bridgehead atoms. The van der Waals surface area contributed by atoms with Crippen LogP contribution in [-0.4, -0.2) is 11.7 Å². The van der Waals surface area contributed by atoms with E-state index in [-0.39, 0.29) is 0 Å². The number of unbranched alkanes of at least 4 members (excludes halogenated alkanes) is 2. The molecular weight excluding hydrogens is 160 g/mol. The van der Waals surface area contributed by atoms with Gasteiger partial charge in [0, 0.05) is 6.61 Å². The second-order valence-electron chi connectivity index (χ2n) is 4.32. The maximum atomic E-state index is 8.66. The summed E-state index contributed by atoms with van der Waals surface area (Å²) in [7, 11) is 0. The van der Waals surface area contributed by atoms with Crippen LogP contribution in [0.1, 0.15) is 59.3 Å². The van der Waals surface area contributed by atoms with Crippen molar-refractivity contribution in [3.63, 3.8) is 0 Å². The average molecular weight is 186 g/mol. The van der Waals surface area contributed by atoms with Gasteiger partial charge < -0.3 is 5.11 Å². The second kappa shape index (κ2) is 8.55. The van der Waals surface area contributed by atoms with E-state index < -0.39 is 0 Å². The van der Waals surface area contributed by atoms with E-state index in [0.717, 1.165) is 18.3 Å². The van der Waals surface area contributed by atoms with Gasteiger partial charge in [0.25, 0.3) is 0 Å². The molecule has 0 aromatic heterocycles. The summed E-state index contributed by atoms with van der Waals surface area (Å²) in [6.45, 7) is 7.32. The molecule has 0 saturated heterocycles. The lowest BCUT2D eigenvalue weighted by Crippen LogP contribution is -2.08. The molecule has 1 N–H and O–H groups in total. The first-order valence-electron chi connectivity index (χ1n) is 5.83. The fraction of sp³-hybridized carbons (Fsp3) is 1.00. The molecule has 0 heterocycles. The molecule has 0 aliphatic heterocycles. The van der Waals surface area contributed by atoms with Crippen LogP contribution in [0.2, 0.25) is 0 Å². The Balaban J connectivity index is 3.38. The molecule has 2 unspecified atom stereocenters. The standard InChI is InChI=1S/C12H26O/c1-4-5-8-11(2)12(3)9-6-7-10-13/h11-13H,4-10H2,1-3H3. The van der Waals surface area contributed by atoms with Crippen LogP contribution < -0.4 is 0 Å². The van der Waals surface area contributed by atoms with Gasteiger partial charge in [-0.1, -0.05) is 52.9 Å². The van der Waals surface area contributed by atoms with Gasteiger partial charge in [-0.15, -0.1) is 0 Å². The maximum absolute atomic E-state index is 8.66. The summed E-state index contributed by atoms with van der Waals surface area (Å²) in [5.41, 5.74) is 0. The van der Waals surface area contributed by atoms with E-state index >= 15 is 0 Å². The van der Waals surface area contributed by atoms with Crippen molar-refractivity contribution in [1.29, 1.82) is 0 Å². The zero-order valence-electron chi connectivity index (χ0n) is 9.55. The molecule has 80 valence electrons. The summed E-state index contributed by atoms with van der Waals surface area (Å²) in [4.78, 5) is 0. The maximum Gasteiger partial charge on any atom is 0.0431 e. The van der Waals surface area contributed by atoms with Crippen molar-refractivity contribution in [2.45, 2.75) is 59.3 Å². The first-order chi connectivity index (χ1) is 6.22. The number of aliphatic hydroxyl groups is 1. The summed E-state index contributed by atoms with van der Waals surface area (Å²) < 4.78 is 0. The van der Waals surface area contributed by atoms with E-state index in [1.165, 1.54) is 32.1 Å². The third-order valence-electron chi connectivity index (χ3n) is 3.05. The van der Waals surface area contributed by atoms with Crippen LogP contribution in [0.15, 0.2) is 0 Å². The predicted octanol–water partition coefficient (Wildman–Crippen LogP) is 3.61. The Morgan fingerprint density at radius 1 is 0.923 bits per heavy atom. The van der Waals surface area contributed by atoms with E-state index in [9.17, 15) is 0 Å².